The fourth-order valence-corrected chi connectivity index (χ4v) is 2.96. The van der Waals surface area contributed by atoms with Crippen molar-refractivity contribution in [2.45, 2.75) is 25.3 Å². The average molecular weight is 232 g/mol. The third kappa shape index (κ3) is 2.05. The summed E-state index contributed by atoms with van der Waals surface area (Å²) in [4.78, 5) is 2.51. The smallest absolute Gasteiger partial charge is 0.122 e. The van der Waals surface area contributed by atoms with Crippen molar-refractivity contribution in [2.24, 2.45) is 5.73 Å². The van der Waals surface area contributed by atoms with E-state index in [2.05, 4.69) is 23.1 Å². The molecule has 2 aliphatic rings. The van der Waals surface area contributed by atoms with E-state index in [4.69, 9.17) is 10.5 Å². The molecule has 17 heavy (non-hydrogen) atoms. The molecule has 0 spiro atoms. The molecule has 1 atom stereocenters. The van der Waals surface area contributed by atoms with Crippen LogP contribution < -0.4 is 10.5 Å². The highest BCUT2D eigenvalue weighted by Gasteiger charge is 2.23. The van der Waals surface area contributed by atoms with Gasteiger partial charge in [-0.15, -0.1) is 0 Å². The second kappa shape index (κ2) is 4.67. The lowest BCUT2D eigenvalue weighted by molar-refractivity contribution is 0.251. The first kappa shape index (κ1) is 11.1. The number of hydrogen-bond acceptors (Lipinski definition) is 3. The van der Waals surface area contributed by atoms with Crippen LogP contribution in [0.15, 0.2) is 18.2 Å². The van der Waals surface area contributed by atoms with Crippen LogP contribution in [0.3, 0.4) is 0 Å². The lowest BCUT2D eigenvalue weighted by atomic mass is 10.0. The molecule has 92 valence electrons. The standard InChI is InChI=1S/C14H20N2O/c15-10-13(16-6-1-2-7-16)11-3-4-14-12(9-11)5-8-17-14/h3-4,9,13H,1-2,5-8,10,15H2. The number of benzene rings is 1. The molecule has 1 aromatic carbocycles. The number of rotatable bonds is 3. The molecule has 2 aliphatic heterocycles. The Balaban J connectivity index is 1.85. The summed E-state index contributed by atoms with van der Waals surface area (Å²) in [5.41, 5.74) is 8.66. The minimum Gasteiger partial charge on any atom is -0.493 e. The SMILES string of the molecule is NCC(c1ccc2c(c1)CCO2)N1CCCC1. The van der Waals surface area contributed by atoms with Crippen molar-refractivity contribution in [3.05, 3.63) is 29.3 Å². The number of nitrogens with two attached hydrogens (primary N) is 1. The van der Waals surface area contributed by atoms with Crippen LogP contribution in [0, 0.1) is 0 Å². The van der Waals surface area contributed by atoms with Crippen molar-refractivity contribution in [1.29, 1.82) is 0 Å². The van der Waals surface area contributed by atoms with E-state index in [9.17, 15) is 0 Å². The Morgan fingerprint density at radius 3 is 2.88 bits per heavy atom. The highest BCUT2D eigenvalue weighted by molar-refractivity contribution is 5.41. The summed E-state index contributed by atoms with van der Waals surface area (Å²) in [5, 5.41) is 0. The zero-order valence-electron chi connectivity index (χ0n) is 10.2. The highest BCUT2D eigenvalue weighted by atomic mass is 16.5. The quantitative estimate of drug-likeness (QED) is 0.862. The Morgan fingerprint density at radius 1 is 1.29 bits per heavy atom. The zero-order valence-corrected chi connectivity index (χ0v) is 10.2. The molecule has 3 nitrogen and oxygen atoms in total. The van der Waals surface area contributed by atoms with Gasteiger partial charge in [-0.1, -0.05) is 12.1 Å². The molecule has 1 unspecified atom stereocenters. The summed E-state index contributed by atoms with van der Waals surface area (Å²) >= 11 is 0. The Bertz CT molecular complexity index is 399. The predicted octanol–water partition coefficient (Wildman–Crippen LogP) is 1.72. The zero-order chi connectivity index (χ0) is 11.7. The van der Waals surface area contributed by atoms with Crippen molar-refractivity contribution in [3.63, 3.8) is 0 Å². The second-order valence-electron chi connectivity index (χ2n) is 4.96. The molecular formula is C14H20N2O. The molecule has 2 heterocycles. The largest absolute Gasteiger partial charge is 0.493 e. The van der Waals surface area contributed by atoms with E-state index in [0.717, 1.165) is 18.8 Å². The van der Waals surface area contributed by atoms with Gasteiger partial charge in [0.05, 0.1) is 6.61 Å². The van der Waals surface area contributed by atoms with E-state index in [0.29, 0.717) is 12.6 Å². The number of likely N-dealkylation sites (tertiary alicyclic amines) is 1. The molecule has 0 bridgehead atoms. The van der Waals surface area contributed by atoms with Gasteiger partial charge in [0.1, 0.15) is 5.75 Å². The predicted molar refractivity (Wildman–Crippen MR) is 68.2 cm³/mol. The molecule has 0 aliphatic carbocycles. The van der Waals surface area contributed by atoms with E-state index in [1.165, 1.54) is 37.1 Å². The van der Waals surface area contributed by atoms with Gasteiger partial charge in [-0.25, -0.2) is 0 Å². The van der Waals surface area contributed by atoms with E-state index < -0.39 is 0 Å². The molecule has 0 radical (unpaired) electrons. The number of hydrogen-bond donors (Lipinski definition) is 1. The van der Waals surface area contributed by atoms with Crippen molar-refractivity contribution in [1.82, 2.24) is 4.90 Å². The molecule has 1 fully saturated rings. The van der Waals surface area contributed by atoms with Crippen LogP contribution in [0.1, 0.15) is 30.0 Å². The lowest BCUT2D eigenvalue weighted by Crippen LogP contribution is -2.31. The first-order valence-electron chi connectivity index (χ1n) is 6.58. The molecule has 1 aromatic rings. The van der Waals surface area contributed by atoms with Crippen LogP contribution in [-0.4, -0.2) is 31.1 Å². The van der Waals surface area contributed by atoms with Gasteiger partial charge in [-0.2, -0.15) is 0 Å². The average Bonchev–Trinajstić information content (AvgIpc) is 2.99. The first-order valence-corrected chi connectivity index (χ1v) is 6.58. The molecular weight excluding hydrogens is 212 g/mol. The molecule has 0 saturated carbocycles. The Hall–Kier alpha value is -1.06. The van der Waals surface area contributed by atoms with Gasteiger partial charge in [0.2, 0.25) is 0 Å². The van der Waals surface area contributed by atoms with Crippen LogP contribution in [0.25, 0.3) is 0 Å². The normalized spacial score (nSPS) is 21.2. The van der Waals surface area contributed by atoms with E-state index >= 15 is 0 Å². The van der Waals surface area contributed by atoms with Gasteiger partial charge in [-0.05, 0) is 43.1 Å². The third-order valence-corrected chi connectivity index (χ3v) is 3.90. The highest BCUT2D eigenvalue weighted by Crippen LogP contribution is 2.31. The van der Waals surface area contributed by atoms with Crippen molar-refractivity contribution >= 4 is 0 Å². The molecule has 1 saturated heterocycles. The summed E-state index contributed by atoms with van der Waals surface area (Å²) in [6, 6.07) is 6.97. The summed E-state index contributed by atoms with van der Waals surface area (Å²) in [6.07, 6.45) is 3.66. The minimum absolute atomic E-state index is 0.392. The van der Waals surface area contributed by atoms with Crippen molar-refractivity contribution < 1.29 is 4.74 Å². The van der Waals surface area contributed by atoms with Crippen LogP contribution in [0.5, 0.6) is 5.75 Å². The number of nitrogens with zero attached hydrogens (tertiary/aromatic N) is 1. The number of fused-ring (bicyclic) bond motifs is 1. The van der Waals surface area contributed by atoms with Gasteiger partial charge in [0, 0.05) is 19.0 Å². The summed E-state index contributed by atoms with van der Waals surface area (Å²) < 4.78 is 5.55. The molecule has 0 amide bonds. The number of ether oxygens (including phenoxy) is 1. The Morgan fingerprint density at radius 2 is 2.12 bits per heavy atom. The van der Waals surface area contributed by atoms with Gasteiger partial charge >= 0.3 is 0 Å². The maximum Gasteiger partial charge on any atom is 0.122 e. The van der Waals surface area contributed by atoms with Crippen LogP contribution >= 0.6 is 0 Å². The summed E-state index contributed by atoms with van der Waals surface area (Å²) in [5.74, 6) is 1.06. The lowest BCUT2D eigenvalue weighted by Gasteiger charge is -2.26. The van der Waals surface area contributed by atoms with E-state index in [1.807, 2.05) is 0 Å². The van der Waals surface area contributed by atoms with Gasteiger partial charge < -0.3 is 10.5 Å². The van der Waals surface area contributed by atoms with Crippen molar-refractivity contribution in [2.75, 3.05) is 26.2 Å². The molecule has 0 aromatic heterocycles. The van der Waals surface area contributed by atoms with Crippen LogP contribution in [0.2, 0.25) is 0 Å². The Labute approximate surface area is 103 Å². The molecule has 3 rings (SSSR count). The monoisotopic (exact) mass is 232 g/mol. The molecule has 2 N–H and O–H groups in total. The van der Waals surface area contributed by atoms with E-state index in [-0.39, 0.29) is 0 Å². The van der Waals surface area contributed by atoms with Crippen molar-refractivity contribution in [3.8, 4) is 5.75 Å². The van der Waals surface area contributed by atoms with Crippen LogP contribution in [-0.2, 0) is 6.42 Å². The summed E-state index contributed by atoms with van der Waals surface area (Å²) in [6.45, 7) is 3.92. The first-order chi connectivity index (χ1) is 8.38. The fourth-order valence-electron chi connectivity index (χ4n) is 2.96. The molecule has 3 heteroatoms. The minimum atomic E-state index is 0.392. The van der Waals surface area contributed by atoms with Gasteiger partial charge in [-0.3, -0.25) is 4.90 Å². The van der Waals surface area contributed by atoms with Crippen LogP contribution in [0.4, 0.5) is 0 Å². The van der Waals surface area contributed by atoms with Gasteiger partial charge in [0.15, 0.2) is 0 Å². The fraction of sp³-hybridized carbons (Fsp3) is 0.571. The second-order valence-corrected chi connectivity index (χ2v) is 4.96. The topological polar surface area (TPSA) is 38.5 Å². The summed E-state index contributed by atoms with van der Waals surface area (Å²) in [7, 11) is 0. The van der Waals surface area contributed by atoms with E-state index in [1.54, 1.807) is 0 Å². The van der Waals surface area contributed by atoms with Gasteiger partial charge in [0.25, 0.3) is 0 Å². The third-order valence-electron chi connectivity index (χ3n) is 3.90. The maximum atomic E-state index is 5.96. The maximum absolute atomic E-state index is 5.96. The Kier molecular flexibility index (Phi) is 3.04.